The third-order valence-electron chi connectivity index (χ3n) is 2.48. The van der Waals surface area contributed by atoms with Crippen LogP contribution in [0.1, 0.15) is 26.2 Å². The van der Waals surface area contributed by atoms with E-state index < -0.39 is 0 Å². The van der Waals surface area contributed by atoms with Crippen LogP contribution in [0.3, 0.4) is 0 Å². The second kappa shape index (κ2) is 9.57. The summed E-state index contributed by atoms with van der Waals surface area (Å²) in [5, 5.41) is 11.6. The van der Waals surface area contributed by atoms with Crippen LogP contribution in [0, 0.1) is 5.92 Å². The van der Waals surface area contributed by atoms with Crippen LogP contribution >= 0.6 is 0 Å². The molecule has 0 fully saturated rings. The van der Waals surface area contributed by atoms with Crippen molar-refractivity contribution in [1.29, 1.82) is 0 Å². The summed E-state index contributed by atoms with van der Waals surface area (Å²) in [6, 6.07) is -0.101. The maximum absolute atomic E-state index is 11.5. The molecule has 0 aromatic heterocycles. The Morgan fingerprint density at radius 2 is 2.19 bits per heavy atom. The lowest BCUT2D eigenvalue weighted by Gasteiger charge is -2.17. The molecule has 5 nitrogen and oxygen atoms in total. The van der Waals surface area contributed by atoms with Gasteiger partial charge in [0.05, 0.1) is 12.6 Å². The van der Waals surface area contributed by atoms with Crippen LogP contribution < -0.4 is 11.1 Å². The second-order valence-electron chi connectivity index (χ2n) is 4.11. The van der Waals surface area contributed by atoms with Gasteiger partial charge in [0.15, 0.2) is 0 Å². The van der Waals surface area contributed by atoms with Crippen molar-refractivity contribution >= 4 is 5.91 Å². The van der Waals surface area contributed by atoms with Gasteiger partial charge in [-0.1, -0.05) is 6.92 Å². The van der Waals surface area contributed by atoms with Crippen molar-refractivity contribution in [3.8, 4) is 0 Å². The van der Waals surface area contributed by atoms with Crippen molar-refractivity contribution in [3.05, 3.63) is 0 Å². The number of hydrogen-bond donors (Lipinski definition) is 3. The molecule has 2 unspecified atom stereocenters. The molecule has 4 N–H and O–H groups in total. The monoisotopic (exact) mass is 232 g/mol. The van der Waals surface area contributed by atoms with Gasteiger partial charge in [-0.3, -0.25) is 4.79 Å². The number of rotatable bonds is 9. The number of carbonyl (C=O) groups is 1. The third-order valence-corrected chi connectivity index (χ3v) is 2.48. The highest BCUT2D eigenvalue weighted by molar-refractivity contribution is 5.76. The van der Waals surface area contributed by atoms with Crippen molar-refractivity contribution in [2.75, 3.05) is 26.9 Å². The van der Waals surface area contributed by atoms with E-state index >= 15 is 0 Å². The normalized spacial score (nSPS) is 14.5. The summed E-state index contributed by atoms with van der Waals surface area (Å²) in [6.45, 7) is 3.10. The van der Waals surface area contributed by atoms with E-state index in [1.165, 1.54) is 0 Å². The number of aliphatic hydroxyl groups excluding tert-OH is 1. The largest absolute Gasteiger partial charge is 0.396 e. The minimum Gasteiger partial charge on any atom is -0.396 e. The topological polar surface area (TPSA) is 84.6 Å². The van der Waals surface area contributed by atoms with Crippen molar-refractivity contribution in [2.24, 2.45) is 11.7 Å². The van der Waals surface area contributed by atoms with E-state index in [1.807, 2.05) is 6.92 Å². The molecule has 5 heteroatoms. The average molecular weight is 232 g/mol. The van der Waals surface area contributed by atoms with E-state index in [4.69, 9.17) is 15.6 Å². The van der Waals surface area contributed by atoms with Crippen LogP contribution in [0.5, 0.6) is 0 Å². The predicted octanol–water partition coefficient (Wildman–Crippen LogP) is -0.125. The van der Waals surface area contributed by atoms with Gasteiger partial charge in [-0.25, -0.2) is 0 Å². The van der Waals surface area contributed by atoms with Gasteiger partial charge in [0.2, 0.25) is 5.91 Å². The number of nitrogens with one attached hydrogen (secondary N) is 1. The molecule has 0 bridgehead atoms. The fourth-order valence-electron chi connectivity index (χ4n) is 1.35. The Bertz CT molecular complexity index is 182. The maximum atomic E-state index is 11.5. The van der Waals surface area contributed by atoms with Gasteiger partial charge in [0, 0.05) is 20.1 Å². The van der Waals surface area contributed by atoms with Gasteiger partial charge in [-0.05, 0) is 25.3 Å². The molecular weight excluding hydrogens is 208 g/mol. The maximum Gasteiger partial charge on any atom is 0.220 e. The second-order valence-corrected chi connectivity index (χ2v) is 4.11. The number of hydrogen-bond acceptors (Lipinski definition) is 4. The summed E-state index contributed by atoms with van der Waals surface area (Å²) in [5.74, 6) is 0.361. The fourth-order valence-corrected chi connectivity index (χ4v) is 1.35. The third kappa shape index (κ3) is 7.62. The van der Waals surface area contributed by atoms with Crippen molar-refractivity contribution in [3.63, 3.8) is 0 Å². The molecule has 0 aromatic rings. The molecule has 0 saturated carbocycles. The minimum atomic E-state index is -0.101. The SMILES string of the molecule is COCC(CCO)NC(=O)CCC(C)CN. The van der Waals surface area contributed by atoms with Gasteiger partial charge in [-0.15, -0.1) is 0 Å². The summed E-state index contributed by atoms with van der Waals surface area (Å²) in [7, 11) is 1.58. The van der Waals surface area contributed by atoms with Crippen LogP contribution in [0.25, 0.3) is 0 Å². The number of carbonyl (C=O) groups excluding carboxylic acids is 1. The van der Waals surface area contributed by atoms with Crippen LogP contribution in [-0.4, -0.2) is 43.9 Å². The van der Waals surface area contributed by atoms with Crippen molar-refractivity contribution < 1.29 is 14.6 Å². The molecule has 2 atom stereocenters. The van der Waals surface area contributed by atoms with Gasteiger partial charge in [0.1, 0.15) is 0 Å². The molecule has 0 heterocycles. The molecular formula is C11H24N2O3. The number of ether oxygens (including phenoxy) is 1. The van der Waals surface area contributed by atoms with E-state index in [0.29, 0.717) is 31.9 Å². The van der Waals surface area contributed by atoms with E-state index in [2.05, 4.69) is 5.32 Å². The average Bonchev–Trinajstić information content (AvgIpc) is 2.26. The Kier molecular flexibility index (Phi) is 9.18. The van der Waals surface area contributed by atoms with Crippen LogP contribution in [0.4, 0.5) is 0 Å². The van der Waals surface area contributed by atoms with E-state index in [0.717, 1.165) is 6.42 Å². The number of methoxy groups -OCH3 is 1. The van der Waals surface area contributed by atoms with Crippen LogP contribution in [-0.2, 0) is 9.53 Å². The quantitative estimate of drug-likeness (QED) is 0.517. The first kappa shape index (κ1) is 15.3. The zero-order valence-corrected chi connectivity index (χ0v) is 10.2. The molecule has 0 spiro atoms. The summed E-state index contributed by atoms with van der Waals surface area (Å²) < 4.78 is 4.96. The number of aliphatic hydroxyl groups is 1. The minimum absolute atomic E-state index is 0.00389. The molecule has 0 aliphatic carbocycles. The zero-order valence-electron chi connectivity index (χ0n) is 10.2. The zero-order chi connectivity index (χ0) is 12.4. The summed E-state index contributed by atoms with van der Waals surface area (Å²) in [5.41, 5.74) is 5.47. The molecule has 0 rings (SSSR count). The molecule has 1 amide bonds. The molecule has 0 saturated heterocycles. The fraction of sp³-hybridized carbons (Fsp3) is 0.909. The molecule has 16 heavy (non-hydrogen) atoms. The van der Waals surface area contributed by atoms with E-state index in [-0.39, 0.29) is 18.6 Å². The van der Waals surface area contributed by atoms with E-state index in [1.54, 1.807) is 7.11 Å². The first-order valence-corrected chi connectivity index (χ1v) is 5.73. The van der Waals surface area contributed by atoms with Crippen LogP contribution in [0.15, 0.2) is 0 Å². The number of nitrogens with two attached hydrogens (primary N) is 1. The van der Waals surface area contributed by atoms with Crippen molar-refractivity contribution in [2.45, 2.75) is 32.2 Å². The van der Waals surface area contributed by atoms with Gasteiger partial charge < -0.3 is 20.9 Å². The first-order chi connectivity index (χ1) is 7.63. The Labute approximate surface area is 97.3 Å². The molecule has 0 aliphatic heterocycles. The molecule has 96 valence electrons. The Morgan fingerprint density at radius 3 is 2.69 bits per heavy atom. The highest BCUT2D eigenvalue weighted by atomic mass is 16.5. The smallest absolute Gasteiger partial charge is 0.220 e. The summed E-state index contributed by atoms with van der Waals surface area (Å²) in [4.78, 5) is 11.5. The van der Waals surface area contributed by atoms with Gasteiger partial charge in [-0.2, -0.15) is 0 Å². The first-order valence-electron chi connectivity index (χ1n) is 5.73. The molecule has 0 aromatic carbocycles. The highest BCUT2D eigenvalue weighted by Gasteiger charge is 2.12. The van der Waals surface area contributed by atoms with Gasteiger partial charge >= 0.3 is 0 Å². The lowest BCUT2D eigenvalue weighted by molar-refractivity contribution is -0.122. The van der Waals surface area contributed by atoms with Crippen molar-refractivity contribution in [1.82, 2.24) is 5.32 Å². The van der Waals surface area contributed by atoms with Gasteiger partial charge in [0.25, 0.3) is 0 Å². The summed E-state index contributed by atoms with van der Waals surface area (Å²) in [6.07, 6.45) is 1.79. The standard InChI is InChI=1S/C11H24N2O3/c1-9(7-12)3-4-11(15)13-10(5-6-14)8-16-2/h9-10,14H,3-8,12H2,1-2H3,(H,13,15). The molecule has 0 radical (unpaired) electrons. The van der Waals surface area contributed by atoms with E-state index in [9.17, 15) is 4.79 Å². The lowest BCUT2D eigenvalue weighted by atomic mass is 10.1. The summed E-state index contributed by atoms with van der Waals surface area (Å²) >= 11 is 0. The molecule has 0 aliphatic rings. The predicted molar refractivity (Wildman–Crippen MR) is 63.0 cm³/mol. The van der Waals surface area contributed by atoms with Crippen LogP contribution in [0.2, 0.25) is 0 Å². The highest BCUT2D eigenvalue weighted by Crippen LogP contribution is 2.03. The number of amides is 1. The Hall–Kier alpha value is -0.650. The Morgan fingerprint density at radius 1 is 1.50 bits per heavy atom. The Balaban J connectivity index is 3.80. The lowest BCUT2D eigenvalue weighted by Crippen LogP contribution is -2.38.